The van der Waals surface area contributed by atoms with Crippen molar-refractivity contribution in [1.82, 2.24) is 14.5 Å². The summed E-state index contributed by atoms with van der Waals surface area (Å²) in [5, 5.41) is 0. The standard InChI is InChI=1S/2C6H7N.C4H5N.C2H4.3CH4.3B.15Y/c1-2-7-5-3-4-6-7;1-2-6-4-3-5-7-6;1-2-4-5-3-1;1-2;;;;;;;;;;;;;;;;;;;;;/h2-6H,1H2;2-5,7H,1H2;1-5H;1-2H2;3*1H4;;;;;;;;;;;;;;;;;;. The second kappa shape index (κ2) is 131. The van der Waals surface area contributed by atoms with Crippen LogP contribution in [0.4, 0.5) is 0 Å². The Hall–Kier alpha value is 13.8. The van der Waals surface area contributed by atoms with Gasteiger partial charge in [0, 0.05) is 559 Å². The second-order valence-electron chi connectivity index (χ2n) is 3.53. The second-order valence-corrected chi connectivity index (χ2v) is 3.53. The van der Waals surface area contributed by atoms with Crippen LogP contribution in [0.2, 0.25) is 0 Å². The van der Waals surface area contributed by atoms with Crippen LogP contribution in [0.3, 0.4) is 0 Å². The minimum Gasteiger partial charge on any atom is -0.368 e. The molecule has 3 nitrogen and oxygen atoms in total. The zero-order valence-corrected chi connectivity index (χ0v) is 65.2. The molecule has 3 heterocycles. The molecule has 3 aromatic heterocycles. The van der Waals surface area contributed by atoms with Crippen molar-refractivity contribution < 1.29 is 491 Å². The van der Waals surface area contributed by atoms with E-state index in [1.807, 2.05) is 71.9 Å². The molecule has 3 rings (SSSR count). The van der Waals surface area contributed by atoms with Crippen molar-refractivity contribution in [2.75, 3.05) is 0 Å². The summed E-state index contributed by atoms with van der Waals surface area (Å²) < 4.78 is 1.89. The number of rotatable bonds is 2. The SMILES string of the molecule is C.C.C.C=C.C=Cc1ccc[nH]1.C=Cn1cccc1.[B].[B].[B].[Y].[Y].[Y].[Y].[Y].[Y].[Y].[Y].[Y].[Y].[Y].[Y].[Y].[Y].[Y].c1cc[nH]c1. The van der Waals surface area contributed by atoms with Gasteiger partial charge in [0.1, 0.15) is 0 Å². The minimum absolute atomic E-state index is 0. The number of H-pyrrole nitrogens is 2. The molecule has 0 aliphatic rings. The quantitative estimate of drug-likeness (QED) is 0.241. The number of nitrogens with one attached hydrogen (secondary N) is 2. The Bertz CT molecular complexity index is 530. The van der Waals surface area contributed by atoms with Crippen molar-refractivity contribution in [2.24, 2.45) is 0 Å². The van der Waals surface area contributed by atoms with E-state index in [0.29, 0.717) is 0 Å². The molecule has 0 aliphatic heterocycles. The van der Waals surface area contributed by atoms with Crippen LogP contribution in [0.25, 0.3) is 12.3 Å². The van der Waals surface area contributed by atoms with Crippen molar-refractivity contribution in [2.45, 2.75) is 22.3 Å². The van der Waals surface area contributed by atoms with Gasteiger partial charge < -0.3 is 14.5 Å². The maximum atomic E-state index is 3.57. The predicted molar refractivity (Wildman–Crippen MR) is 131 cm³/mol. The zero-order valence-electron chi connectivity index (χ0n) is 22.7. The fraction of sp³-hybridized carbons (Fsp3) is 0.143. The molecule has 0 spiro atoms. The van der Waals surface area contributed by atoms with Crippen LogP contribution < -0.4 is 0 Å². The van der Waals surface area contributed by atoms with Crippen LogP contribution in [0.1, 0.15) is 28.0 Å². The Morgan fingerprint density at radius 3 is 0.929 bits per heavy atom. The molecule has 3 aromatic rings. The van der Waals surface area contributed by atoms with Crippen LogP contribution in [0, 0.1) is 0 Å². The molecular weight excluding hydrogens is 1660 g/mol. The number of aromatic amines is 2. The fourth-order valence-electron chi connectivity index (χ4n) is 1.22. The average molecular weight is 1700 g/mol. The van der Waals surface area contributed by atoms with Crippen molar-refractivity contribution in [3.8, 4) is 0 Å². The minimum atomic E-state index is 0. The summed E-state index contributed by atoms with van der Waals surface area (Å²) in [6, 6.07) is 11.7. The summed E-state index contributed by atoms with van der Waals surface area (Å²) in [6.07, 6.45) is 13.0. The van der Waals surface area contributed by atoms with Crippen LogP contribution in [0.15, 0.2) is 93.7 Å². The predicted octanol–water partition coefficient (Wildman–Crippen LogP) is 5.79. The third-order valence-corrected chi connectivity index (χ3v) is 2.18. The van der Waals surface area contributed by atoms with Gasteiger partial charge in [-0.1, -0.05) is 35.4 Å². The van der Waals surface area contributed by atoms with Gasteiger partial charge in [-0.25, -0.2) is 0 Å². The number of aromatic nitrogens is 3. The van der Waals surface area contributed by atoms with Crippen molar-refractivity contribution in [3.63, 3.8) is 0 Å². The molecule has 0 saturated carbocycles. The maximum Gasteiger partial charge on any atom is 0.0374 e. The van der Waals surface area contributed by atoms with E-state index in [1.165, 1.54) is 0 Å². The Kier molecular flexibility index (Phi) is 457. The average Bonchev–Trinajstić information content (AvgIpc) is 3.35. The molecule has 24 radical (unpaired) electrons. The van der Waals surface area contributed by atoms with E-state index < -0.39 is 0 Å². The van der Waals surface area contributed by atoms with Crippen LogP contribution in [0.5, 0.6) is 0 Å². The summed E-state index contributed by atoms with van der Waals surface area (Å²) in [4.78, 5) is 5.83. The molecule has 0 atom stereocenters. The Labute approximate surface area is 644 Å². The molecule has 2 N–H and O–H groups in total. The van der Waals surface area contributed by atoms with Crippen LogP contribution >= 0.6 is 0 Å². The summed E-state index contributed by atoms with van der Waals surface area (Å²) in [5.74, 6) is 0. The summed E-state index contributed by atoms with van der Waals surface area (Å²) in [6.45, 7) is 13.1. The molecule has 0 saturated heterocycles. The normalized spacial score (nSPS) is 3.90. The Balaban J connectivity index is -0.00000000560. The first kappa shape index (κ1) is 147. The third kappa shape index (κ3) is 111. The van der Waals surface area contributed by atoms with Gasteiger partial charge in [-0.15, -0.1) is 13.2 Å². The van der Waals surface area contributed by atoms with Crippen molar-refractivity contribution in [1.29, 1.82) is 0 Å². The maximum absolute atomic E-state index is 3.57. The van der Waals surface area contributed by atoms with Crippen LogP contribution in [-0.4, -0.2) is 39.8 Å². The molecule has 0 fully saturated rings. The van der Waals surface area contributed by atoms with Gasteiger partial charge in [0.15, 0.2) is 0 Å². The van der Waals surface area contributed by atoms with E-state index in [1.54, 1.807) is 12.3 Å². The van der Waals surface area contributed by atoms with Gasteiger partial charge >= 0.3 is 0 Å². The molecule has 42 heavy (non-hydrogen) atoms. The third-order valence-electron chi connectivity index (χ3n) is 2.18. The van der Waals surface area contributed by atoms with E-state index in [4.69, 9.17) is 0 Å². The summed E-state index contributed by atoms with van der Waals surface area (Å²) in [5.41, 5.74) is 1.07. The van der Waals surface area contributed by atoms with Crippen LogP contribution in [-0.2, 0) is 491 Å². The zero-order chi connectivity index (χ0) is 15.8. The van der Waals surface area contributed by atoms with E-state index in [2.05, 4.69) is 36.3 Å². The van der Waals surface area contributed by atoms with Crippen molar-refractivity contribution >= 4 is 37.5 Å². The molecule has 21 heteroatoms. The van der Waals surface area contributed by atoms with Gasteiger partial charge in [0.05, 0.1) is 0 Å². The van der Waals surface area contributed by atoms with E-state index >= 15 is 0 Å². The molecule has 0 unspecified atom stereocenters. The topological polar surface area (TPSA) is 36.5 Å². The van der Waals surface area contributed by atoms with Gasteiger partial charge in [-0.2, -0.15) is 0 Å². The molecule has 188 valence electrons. The number of nitrogens with zero attached hydrogens (tertiary/aromatic N) is 1. The Morgan fingerprint density at radius 1 is 0.500 bits per heavy atom. The Morgan fingerprint density at radius 2 is 0.810 bits per heavy atom. The summed E-state index contributed by atoms with van der Waals surface area (Å²) in [7, 11) is 0. The van der Waals surface area contributed by atoms with Gasteiger partial charge in [-0.05, 0) is 42.5 Å². The first-order chi connectivity index (χ1) is 10.4. The van der Waals surface area contributed by atoms with Crippen molar-refractivity contribution in [3.05, 3.63) is 99.4 Å². The van der Waals surface area contributed by atoms with Gasteiger partial charge in [0.25, 0.3) is 0 Å². The molecule has 0 amide bonds. The molecule has 0 bridgehead atoms. The molecular formula is C21H35B3N3Y15. The van der Waals surface area contributed by atoms with E-state index in [-0.39, 0.29) is 538 Å². The first-order valence-corrected chi connectivity index (χ1v) is 6.45. The number of hydrogen-bond acceptors (Lipinski definition) is 0. The monoisotopic (exact) mass is 1700 g/mol. The van der Waals surface area contributed by atoms with E-state index in [0.717, 1.165) is 5.69 Å². The molecule has 0 aromatic carbocycles. The first-order valence-electron chi connectivity index (χ1n) is 6.45. The largest absolute Gasteiger partial charge is 0.368 e. The van der Waals surface area contributed by atoms with Gasteiger partial charge in [0.2, 0.25) is 0 Å². The molecule has 0 aliphatic carbocycles. The van der Waals surface area contributed by atoms with Gasteiger partial charge in [-0.3, -0.25) is 0 Å². The van der Waals surface area contributed by atoms with E-state index in [9.17, 15) is 0 Å². The summed E-state index contributed by atoms with van der Waals surface area (Å²) >= 11 is 0. The smallest absolute Gasteiger partial charge is 0.0374 e. The number of hydrogen-bond donors (Lipinski definition) is 2. The fourth-order valence-corrected chi connectivity index (χ4v) is 1.22.